The molecule has 17 heavy (non-hydrogen) atoms. The highest BCUT2D eigenvalue weighted by Crippen LogP contribution is 2.20. The van der Waals surface area contributed by atoms with Crippen molar-refractivity contribution in [3.63, 3.8) is 0 Å². The Morgan fingerprint density at radius 3 is 2.35 bits per heavy atom. The quantitative estimate of drug-likeness (QED) is 0.770. The summed E-state index contributed by atoms with van der Waals surface area (Å²) in [6, 6.07) is 7.25. The number of rotatable bonds is 2. The molecular weight excluding hydrogens is 223 g/mol. The first-order valence-corrected chi connectivity index (χ1v) is 5.15. The molecule has 88 valence electrons. The van der Waals surface area contributed by atoms with Gasteiger partial charge in [-0.25, -0.2) is 4.39 Å². The molecule has 0 bridgehead atoms. The highest BCUT2D eigenvalue weighted by atomic mass is 19.1. The molecular formula is C12H11FN2O2. The second-order valence-corrected chi connectivity index (χ2v) is 3.82. The van der Waals surface area contributed by atoms with Crippen molar-refractivity contribution >= 4 is 0 Å². The highest BCUT2D eigenvalue weighted by molar-refractivity contribution is 5.27. The summed E-state index contributed by atoms with van der Waals surface area (Å²) in [6.07, 6.45) is 0. The average Bonchev–Trinajstić information content (AvgIpc) is 2.33. The molecule has 0 radical (unpaired) electrons. The lowest BCUT2D eigenvalue weighted by molar-refractivity contribution is 0.626. The van der Waals surface area contributed by atoms with Crippen LogP contribution in [0.5, 0.6) is 0 Å². The Morgan fingerprint density at radius 2 is 1.76 bits per heavy atom. The van der Waals surface area contributed by atoms with Crippen molar-refractivity contribution in [1.82, 2.24) is 10.2 Å². The Balaban J connectivity index is 2.40. The molecule has 1 heterocycles. The molecule has 1 aromatic carbocycles. The molecule has 0 saturated heterocycles. The number of H-pyrrole nitrogens is 2. The molecule has 2 rings (SSSR count). The van der Waals surface area contributed by atoms with E-state index in [1.807, 2.05) is 6.92 Å². The number of nitrogens with one attached hydrogen (secondary N) is 2. The van der Waals surface area contributed by atoms with Crippen LogP contribution in [-0.4, -0.2) is 10.2 Å². The summed E-state index contributed by atoms with van der Waals surface area (Å²) in [6.45, 7) is 1.86. The van der Waals surface area contributed by atoms with E-state index in [-0.39, 0.29) is 11.7 Å². The molecule has 0 spiro atoms. The summed E-state index contributed by atoms with van der Waals surface area (Å²) in [5.74, 6) is -0.434. The number of aromatic amines is 2. The standard InChI is InChI=1S/C12H11FN2O2/c1-7(8-2-4-9(13)5-3-8)10-6-11(16)12(17)15-14-10/h2-7H,1H3,(H,14,16)(H,15,17)/t7-/m1/s1. The Bertz CT molecular complexity index is 628. The van der Waals surface area contributed by atoms with Gasteiger partial charge in [-0.05, 0) is 17.7 Å². The van der Waals surface area contributed by atoms with Crippen LogP contribution in [0.4, 0.5) is 4.39 Å². The van der Waals surface area contributed by atoms with Gasteiger partial charge in [0, 0.05) is 17.7 Å². The molecule has 0 aliphatic rings. The van der Waals surface area contributed by atoms with Crippen LogP contribution < -0.4 is 11.0 Å². The smallest absolute Gasteiger partial charge is 0.302 e. The molecule has 0 aliphatic heterocycles. The van der Waals surface area contributed by atoms with Gasteiger partial charge < -0.3 is 5.10 Å². The van der Waals surface area contributed by atoms with Crippen molar-refractivity contribution < 1.29 is 4.39 Å². The predicted octanol–water partition coefficient (Wildman–Crippen LogP) is 1.35. The Morgan fingerprint density at radius 1 is 1.12 bits per heavy atom. The van der Waals surface area contributed by atoms with Crippen molar-refractivity contribution in [2.45, 2.75) is 12.8 Å². The summed E-state index contributed by atoms with van der Waals surface area (Å²) >= 11 is 0. The third kappa shape index (κ3) is 2.33. The molecule has 0 unspecified atom stereocenters. The van der Waals surface area contributed by atoms with Crippen LogP contribution in [0.25, 0.3) is 0 Å². The van der Waals surface area contributed by atoms with Gasteiger partial charge in [-0.15, -0.1) is 0 Å². The summed E-state index contributed by atoms with van der Waals surface area (Å²) in [7, 11) is 0. The van der Waals surface area contributed by atoms with Crippen molar-refractivity contribution in [3.05, 3.63) is 68.0 Å². The van der Waals surface area contributed by atoms with Crippen LogP contribution in [0, 0.1) is 5.82 Å². The number of aromatic nitrogens is 2. The van der Waals surface area contributed by atoms with Gasteiger partial charge >= 0.3 is 5.56 Å². The van der Waals surface area contributed by atoms with Gasteiger partial charge in [0.1, 0.15) is 5.82 Å². The van der Waals surface area contributed by atoms with Crippen LogP contribution in [0.3, 0.4) is 0 Å². The molecule has 2 aromatic rings. The zero-order valence-corrected chi connectivity index (χ0v) is 9.16. The van der Waals surface area contributed by atoms with Gasteiger partial charge in [0.25, 0.3) is 0 Å². The van der Waals surface area contributed by atoms with Gasteiger partial charge in [-0.1, -0.05) is 19.1 Å². The van der Waals surface area contributed by atoms with E-state index in [9.17, 15) is 14.0 Å². The van der Waals surface area contributed by atoms with Crippen molar-refractivity contribution in [3.8, 4) is 0 Å². The summed E-state index contributed by atoms with van der Waals surface area (Å²) in [5, 5.41) is 4.92. The highest BCUT2D eigenvalue weighted by Gasteiger charge is 2.10. The van der Waals surface area contributed by atoms with Crippen LogP contribution in [0.2, 0.25) is 0 Å². The van der Waals surface area contributed by atoms with E-state index in [0.29, 0.717) is 5.69 Å². The van der Waals surface area contributed by atoms with Crippen LogP contribution in [-0.2, 0) is 0 Å². The van der Waals surface area contributed by atoms with Crippen molar-refractivity contribution in [2.75, 3.05) is 0 Å². The molecule has 0 saturated carbocycles. The van der Waals surface area contributed by atoms with E-state index in [2.05, 4.69) is 10.2 Å². The number of hydrogen-bond donors (Lipinski definition) is 2. The molecule has 1 atom stereocenters. The van der Waals surface area contributed by atoms with E-state index in [1.54, 1.807) is 12.1 Å². The van der Waals surface area contributed by atoms with E-state index >= 15 is 0 Å². The van der Waals surface area contributed by atoms with Crippen LogP contribution in [0.1, 0.15) is 24.1 Å². The Hall–Kier alpha value is -2.17. The minimum Gasteiger partial charge on any atom is -0.302 e. The third-order valence-corrected chi connectivity index (χ3v) is 2.67. The lowest BCUT2D eigenvalue weighted by Crippen LogP contribution is -2.28. The minimum atomic E-state index is -0.681. The molecule has 1 aromatic heterocycles. The number of halogens is 1. The molecule has 0 fully saturated rings. The fraction of sp³-hybridized carbons (Fsp3) is 0.167. The summed E-state index contributed by atoms with van der Waals surface area (Å²) in [5.41, 5.74) is 0.170. The fourth-order valence-electron chi connectivity index (χ4n) is 1.60. The first-order valence-electron chi connectivity index (χ1n) is 5.15. The number of benzene rings is 1. The largest absolute Gasteiger partial charge is 0.310 e. The first kappa shape index (κ1) is 11.3. The maximum absolute atomic E-state index is 12.8. The fourth-order valence-corrected chi connectivity index (χ4v) is 1.60. The van der Waals surface area contributed by atoms with E-state index in [4.69, 9.17) is 0 Å². The van der Waals surface area contributed by atoms with Crippen LogP contribution >= 0.6 is 0 Å². The van der Waals surface area contributed by atoms with E-state index in [1.165, 1.54) is 18.2 Å². The third-order valence-electron chi connectivity index (χ3n) is 2.67. The lowest BCUT2D eigenvalue weighted by atomic mass is 9.98. The minimum absolute atomic E-state index is 0.125. The van der Waals surface area contributed by atoms with Gasteiger partial charge in [-0.3, -0.25) is 14.7 Å². The number of hydrogen-bond acceptors (Lipinski definition) is 2. The average molecular weight is 234 g/mol. The van der Waals surface area contributed by atoms with Gasteiger partial charge in [-0.2, -0.15) is 0 Å². The summed E-state index contributed by atoms with van der Waals surface area (Å²) < 4.78 is 12.8. The molecule has 5 heteroatoms. The van der Waals surface area contributed by atoms with Crippen molar-refractivity contribution in [1.29, 1.82) is 0 Å². The van der Waals surface area contributed by atoms with Gasteiger partial charge in [0.15, 0.2) is 0 Å². The van der Waals surface area contributed by atoms with Crippen LogP contribution in [0.15, 0.2) is 39.9 Å². The lowest BCUT2D eigenvalue weighted by Gasteiger charge is -2.11. The predicted molar refractivity (Wildman–Crippen MR) is 61.6 cm³/mol. The van der Waals surface area contributed by atoms with E-state index in [0.717, 1.165) is 5.56 Å². The second-order valence-electron chi connectivity index (χ2n) is 3.82. The maximum Gasteiger partial charge on any atom is 0.310 e. The monoisotopic (exact) mass is 234 g/mol. The van der Waals surface area contributed by atoms with Crippen molar-refractivity contribution in [2.24, 2.45) is 0 Å². The molecule has 0 amide bonds. The summed E-state index contributed by atoms with van der Waals surface area (Å²) in [4.78, 5) is 22.1. The van der Waals surface area contributed by atoms with Gasteiger partial charge in [0.2, 0.25) is 5.43 Å². The normalized spacial score (nSPS) is 12.4. The second kappa shape index (κ2) is 4.37. The van der Waals surface area contributed by atoms with Gasteiger partial charge in [0.05, 0.1) is 0 Å². The first-order chi connectivity index (χ1) is 8.08. The van der Waals surface area contributed by atoms with E-state index < -0.39 is 11.0 Å². The maximum atomic E-state index is 12.8. The SMILES string of the molecule is C[C@H](c1ccc(F)cc1)c1cc(=O)c(=O)[nH][nH]1. The molecule has 2 N–H and O–H groups in total. The molecule has 4 nitrogen and oxygen atoms in total. The Kier molecular flexibility index (Phi) is 2.91. The Labute approximate surface area is 96.1 Å². The topological polar surface area (TPSA) is 65.7 Å². The zero-order chi connectivity index (χ0) is 12.4. The zero-order valence-electron chi connectivity index (χ0n) is 9.16. The molecule has 0 aliphatic carbocycles.